The van der Waals surface area contributed by atoms with E-state index in [0.717, 1.165) is 37.8 Å². The average molecular weight is 277 g/mol. The Hall–Kier alpha value is -1.62. The van der Waals surface area contributed by atoms with E-state index in [2.05, 4.69) is 15.6 Å². The molecule has 0 radical (unpaired) electrons. The van der Waals surface area contributed by atoms with Gasteiger partial charge in [0.1, 0.15) is 5.82 Å². The summed E-state index contributed by atoms with van der Waals surface area (Å²) in [6, 6.07) is 3.78. The summed E-state index contributed by atoms with van der Waals surface area (Å²) in [5.41, 5.74) is 1.55. The molecule has 0 saturated heterocycles. The fourth-order valence-electron chi connectivity index (χ4n) is 2.52. The van der Waals surface area contributed by atoms with E-state index in [0.29, 0.717) is 11.4 Å². The maximum atomic E-state index is 12.3. The van der Waals surface area contributed by atoms with Crippen molar-refractivity contribution in [1.29, 1.82) is 0 Å². The Morgan fingerprint density at radius 3 is 2.65 bits per heavy atom. The first kappa shape index (κ1) is 14.8. The van der Waals surface area contributed by atoms with Gasteiger partial charge in [0.2, 0.25) is 0 Å². The van der Waals surface area contributed by atoms with Crippen molar-refractivity contribution in [2.24, 2.45) is 0 Å². The zero-order valence-electron chi connectivity index (χ0n) is 12.1. The van der Waals surface area contributed by atoms with Crippen LogP contribution >= 0.6 is 0 Å². The molecule has 110 valence electrons. The first-order valence-corrected chi connectivity index (χ1v) is 7.30. The summed E-state index contributed by atoms with van der Waals surface area (Å²) in [6.45, 7) is 2.02. The molecule has 2 rings (SSSR count). The normalized spacial score (nSPS) is 22.4. The third-order valence-corrected chi connectivity index (χ3v) is 3.79. The predicted octanol–water partition coefficient (Wildman–Crippen LogP) is 1.72. The van der Waals surface area contributed by atoms with Gasteiger partial charge >= 0.3 is 0 Å². The first-order valence-electron chi connectivity index (χ1n) is 7.30. The van der Waals surface area contributed by atoms with Crippen LogP contribution in [0.5, 0.6) is 0 Å². The Morgan fingerprint density at radius 2 is 2.05 bits per heavy atom. The van der Waals surface area contributed by atoms with Crippen molar-refractivity contribution in [3.8, 4) is 0 Å². The standard InChI is InChI=1S/C15H23N3O2/c1-3-11-8-10(9-14(16-2)17-11)15(20)18-12-4-6-13(19)7-5-12/h8-9,12-13,19H,3-7H2,1-2H3,(H,16,17)(H,18,20). The molecule has 1 saturated carbocycles. The molecule has 0 spiro atoms. The number of rotatable bonds is 4. The lowest BCUT2D eigenvalue weighted by Crippen LogP contribution is -2.38. The van der Waals surface area contributed by atoms with E-state index in [1.807, 2.05) is 13.0 Å². The van der Waals surface area contributed by atoms with Crippen molar-refractivity contribution in [2.45, 2.75) is 51.2 Å². The molecule has 5 nitrogen and oxygen atoms in total. The molecular weight excluding hydrogens is 254 g/mol. The Kier molecular flexibility index (Phi) is 4.95. The maximum absolute atomic E-state index is 12.3. The van der Waals surface area contributed by atoms with Gasteiger partial charge in [0, 0.05) is 24.3 Å². The second-order valence-corrected chi connectivity index (χ2v) is 5.31. The second-order valence-electron chi connectivity index (χ2n) is 5.31. The zero-order chi connectivity index (χ0) is 14.5. The van der Waals surface area contributed by atoms with Crippen LogP contribution in [0.15, 0.2) is 12.1 Å². The Balaban J connectivity index is 2.04. The molecule has 1 amide bonds. The van der Waals surface area contributed by atoms with Crippen LogP contribution in [0.1, 0.15) is 48.7 Å². The summed E-state index contributed by atoms with van der Waals surface area (Å²) >= 11 is 0. The van der Waals surface area contributed by atoms with E-state index in [9.17, 15) is 9.90 Å². The summed E-state index contributed by atoms with van der Waals surface area (Å²) in [6.07, 6.45) is 3.82. The molecule has 0 unspecified atom stereocenters. The molecule has 1 aliphatic carbocycles. The van der Waals surface area contributed by atoms with E-state index in [1.165, 1.54) is 0 Å². The van der Waals surface area contributed by atoms with Crippen LogP contribution in [0.2, 0.25) is 0 Å². The molecule has 1 aromatic rings. The summed E-state index contributed by atoms with van der Waals surface area (Å²) < 4.78 is 0. The highest BCUT2D eigenvalue weighted by atomic mass is 16.3. The fraction of sp³-hybridized carbons (Fsp3) is 0.600. The van der Waals surface area contributed by atoms with E-state index in [-0.39, 0.29) is 18.1 Å². The van der Waals surface area contributed by atoms with E-state index in [1.54, 1.807) is 13.1 Å². The lowest BCUT2D eigenvalue weighted by atomic mass is 9.93. The number of carbonyl (C=O) groups is 1. The summed E-state index contributed by atoms with van der Waals surface area (Å²) in [5.74, 6) is 0.661. The van der Waals surface area contributed by atoms with Gasteiger partial charge in [-0.05, 0) is 44.2 Å². The SMILES string of the molecule is CCc1cc(C(=O)NC2CCC(O)CC2)cc(NC)n1. The molecule has 0 aliphatic heterocycles. The summed E-state index contributed by atoms with van der Waals surface area (Å²) in [7, 11) is 1.80. The Labute approximate surface area is 119 Å². The van der Waals surface area contributed by atoms with Gasteiger partial charge in [0.25, 0.3) is 5.91 Å². The molecule has 1 heterocycles. The summed E-state index contributed by atoms with van der Waals surface area (Å²) in [4.78, 5) is 16.7. The molecule has 0 aromatic carbocycles. The summed E-state index contributed by atoms with van der Waals surface area (Å²) in [5, 5.41) is 15.5. The quantitative estimate of drug-likeness (QED) is 0.783. The highest BCUT2D eigenvalue weighted by Gasteiger charge is 2.21. The van der Waals surface area contributed by atoms with Gasteiger partial charge in [-0.1, -0.05) is 6.92 Å². The number of nitrogens with zero attached hydrogens (tertiary/aromatic N) is 1. The topological polar surface area (TPSA) is 74.2 Å². The molecule has 0 bridgehead atoms. The number of hydrogen-bond donors (Lipinski definition) is 3. The van der Waals surface area contributed by atoms with Crippen molar-refractivity contribution in [2.75, 3.05) is 12.4 Å². The van der Waals surface area contributed by atoms with Gasteiger partial charge in [0.05, 0.1) is 6.10 Å². The number of aliphatic hydroxyl groups is 1. The van der Waals surface area contributed by atoms with Gasteiger partial charge in [-0.3, -0.25) is 4.79 Å². The largest absolute Gasteiger partial charge is 0.393 e. The van der Waals surface area contributed by atoms with E-state index >= 15 is 0 Å². The third kappa shape index (κ3) is 3.70. The van der Waals surface area contributed by atoms with Gasteiger partial charge in [0.15, 0.2) is 0 Å². The molecule has 3 N–H and O–H groups in total. The molecule has 1 fully saturated rings. The van der Waals surface area contributed by atoms with Crippen LogP contribution in [0.3, 0.4) is 0 Å². The van der Waals surface area contributed by atoms with E-state index in [4.69, 9.17) is 0 Å². The third-order valence-electron chi connectivity index (χ3n) is 3.79. The van der Waals surface area contributed by atoms with Crippen LogP contribution in [0.25, 0.3) is 0 Å². The number of aryl methyl sites for hydroxylation is 1. The number of aromatic nitrogens is 1. The van der Waals surface area contributed by atoms with Crippen LogP contribution < -0.4 is 10.6 Å². The van der Waals surface area contributed by atoms with Crippen molar-refractivity contribution >= 4 is 11.7 Å². The van der Waals surface area contributed by atoms with Crippen LogP contribution in [0, 0.1) is 0 Å². The minimum absolute atomic E-state index is 0.0556. The van der Waals surface area contributed by atoms with Crippen molar-refractivity contribution in [3.05, 3.63) is 23.4 Å². The number of amides is 1. The van der Waals surface area contributed by atoms with Crippen LogP contribution in [-0.4, -0.2) is 35.2 Å². The monoisotopic (exact) mass is 277 g/mol. The average Bonchev–Trinajstić information content (AvgIpc) is 2.48. The number of carbonyl (C=O) groups excluding carboxylic acids is 1. The molecule has 1 aliphatic rings. The highest BCUT2D eigenvalue weighted by molar-refractivity contribution is 5.95. The highest BCUT2D eigenvalue weighted by Crippen LogP contribution is 2.19. The minimum atomic E-state index is -0.202. The Bertz CT molecular complexity index is 446. The Morgan fingerprint density at radius 1 is 1.35 bits per heavy atom. The lowest BCUT2D eigenvalue weighted by molar-refractivity contribution is 0.0867. The van der Waals surface area contributed by atoms with Crippen molar-refractivity contribution in [1.82, 2.24) is 10.3 Å². The maximum Gasteiger partial charge on any atom is 0.251 e. The van der Waals surface area contributed by atoms with Gasteiger partial charge < -0.3 is 15.7 Å². The fourth-order valence-corrected chi connectivity index (χ4v) is 2.52. The minimum Gasteiger partial charge on any atom is -0.393 e. The molecule has 20 heavy (non-hydrogen) atoms. The molecule has 1 aromatic heterocycles. The second kappa shape index (κ2) is 6.70. The van der Waals surface area contributed by atoms with Crippen molar-refractivity contribution in [3.63, 3.8) is 0 Å². The number of pyridine rings is 1. The molecule has 5 heteroatoms. The number of hydrogen-bond acceptors (Lipinski definition) is 4. The first-order chi connectivity index (χ1) is 9.62. The smallest absolute Gasteiger partial charge is 0.251 e. The lowest BCUT2D eigenvalue weighted by Gasteiger charge is -2.26. The van der Waals surface area contributed by atoms with Crippen LogP contribution in [0.4, 0.5) is 5.82 Å². The number of nitrogens with one attached hydrogen (secondary N) is 2. The van der Waals surface area contributed by atoms with Gasteiger partial charge in [-0.15, -0.1) is 0 Å². The number of anilines is 1. The zero-order valence-corrected chi connectivity index (χ0v) is 12.1. The van der Waals surface area contributed by atoms with Gasteiger partial charge in [-0.25, -0.2) is 4.98 Å². The van der Waals surface area contributed by atoms with Gasteiger partial charge in [-0.2, -0.15) is 0 Å². The van der Waals surface area contributed by atoms with Crippen LogP contribution in [-0.2, 0) is 6.42 Å². The number of aliphatic hydroxyl groups excluding tert-OH is 1. The van der Waals surface area contributed by atoms with Crippen molar-refractivity contribution < 1.29 is 9.90 Å². The predicted molar refractivity (Wildman–Crippen MR) is 78.9 cm³/mol. The molecule has 0 atom stereocenters. The molecular formula is C15H23N3O2. The van der Waals surface area contributed by atoms with E-state index < -0.39 is 0 Å².